The first-order valence-corrected chi connectivity index (χ1v) is 6.48. The molecule has 2 aromatic rings. The molecule has 8 nitrogen and oxygen atoms in total. The first kappa shape index (κ1) is 13.5. The summed E-state index contributed by atoms with van der Waals surface area (Å²) < 4.78 is 1.47. The maximum atomic E-state index is 12.1. The lowest BCUT2D eigenvalue weighted by Gasteiger charge is -2.38. The van der Waals surface area contributed by atoms with E-state index in [-0.39, 0.29) is 17.6 Å². The molecule has 0 atom stereocenters. The molecule has 3 rings (SSSR count). The van der Waals surface area contributed by atoms with E-state index >= 15 is 0 Å². The average molecular weight is 308 g/mol. The van der Waals surface area contributed by atoms with Gasteiger partial charge in [0.1, 0.15) is 5.15 Å². The standard InChI is InChI=1S/C12H10ClN5O3/c13-10-2-1-7(3-14-10)11(19)17-4-8(5-17)18-6-9(12(20)21)15-16-18/h1-3,6,8H,4-5H2,(H,20,21). The minimum absolute atomic E-state index is 0.0604. The molecular weight excluding hydrogens is 298 g/mol. The van der Waals surface area contributed by atoms with Crippen molar-refractivity contribution in [3.8, 4) is 0 Å². The van der Waals surface area contributed by atoms with Gasteiger partial charge in [-0.1, -0.05) is 16.8 Å². The number of carbonyl (C=O) groups is 2. The summed E-state index contributed by atoms with van der Waals surface area (Å²) in [6.45, 7) is 0.897. The molecule has 1 aliphatic rings. The van der Waals surface area contributed by atoms with Crippen molar-refractivity contribution in [1.29, 1.82) is 0 Å². The molecule has 21 heavy (non-hydrogen) atoms. The number of rotatable bonds is 3. The van der Waals surface area contributed by atoms with E-state index in [9.17, 15) is 9.59 Å². The number of halogens is 1. The van der Waals surface area contributed by atoms with Crippen LogP contribution in [0.15, 0.2) is 24.5 Å². The molecule has 1 fully saturated rings. The largest absolute Gasteiger partial charge is 0.476 e. The maximum Gasteiger partial charge on any atom is 0.358 e. The predicted octanol–water partition coefficient (Wildman–Crippen LogP) is 0.722. The van der Waals surface area contributed by atoms with Gasteiger partial charge in [0.15, 0.2) is 5.69 Å². The number of aromatic carboxylic acids is 1. The highest BCUT2D eigenvalue weighted by atomic mass is 35.5. The summed E-state index contributed by atoms with van der Waals surface area (Å²) in [5.74, 6) is -1.27. The summed E-state index contributed by atoms with van der Waals surface area (Å²) in [7, 11) is 0. The zero-order valence-electron chi connectivity index (χ0n) is 10.7. The van der Waals surface area contributed by atoms with Gasteiger partial charge in [0.05, 0.1) is 17.8 Å². The minimum Gasteiger partial charge on any atom is -0.476 e. The van der Waals surface area contributed by atoms with Gasteiger partial charge < -0.3 is 10.0 Å². The SMILES string of the molecule is O=C(O)c1cn(C2CN(C(=O)c3ccc(Cl)nc3)C2)nn1. The van der Waals surface area contributed by atoms with Crippen LogP contribution in [0.5, 0.6) is 0 Å². The van der Waals surface area contributed by atoms with Gasteiger partial charge >= 0.3 is 5.97 Å². The normalized spacial score (nSPS) is 14.8. The van der Waals surface area contributed by atoms with Crippen molar-refractivity contribution in [3.05, 3.63) is 40.9 Å². The van der Waals surface area contributed by atoms with Crippen molar-refractivity contribution in [1.82, 2.24) is 24.9 Å². The molecule has 0 spiro atoms. The van der Waals surface area contributed by atoms with E-state index in [1.54, 1.807) is 17.0 Å². The number of carbonyl (C=O) groups excluding carboxylic acids is 1. The first-order chi connectivity index (χ1) is 10.0. The van der Waals surface area contributed by atoms with Crippen molar-refractivity contribution in [2.75, 3.05) is 13.1 Å². The number of nitrogens with zero attached hydrogens (tertiary/aromatic N) is 5. The Balaban J connectivity index is 1.63. The van der Waals surface area contributed by atoms with Crippen LogP contribution in [0, 0.1) is 0 Å². The summed E-state index contributed by atoms with van der Waals surface area (Å²) in [5, 5.41) is 16.4. The molecule has 0 radical (unpaired) electrons. The molecule has 108 valence electrons. The molecule has 1 saturated heterocycles. The van der Waals surface area contributed by atoms with E-state index < -0.39 is 5.97 Å². The van der Waals surface area contributed by atoms with E-state index in [0.29, 0.717) is 23.8 Å². The molecule has 2 aromatic heterocycles. The third kappa shape index (κ3) is 2.57. The van der Waals surface area contributed by atoms with Crippen molar-refractivity contribution < 1.29 is 14.7 Å². The molecule has 0 aliphatic carbocycles. The lowest BCUT2D eigenvalue weighted by atomic mass is 10.1. The lowest BCUT2D eigenvalue weighted by Crippen LogP contribution is -2.50. The molecule has 0 aromatic carbocycles. The summed E-state index contributed by atoms with van der Waals surface area (Å²) in [5.41, 5.74) is 0.351. The third-order valence-electron chi connectivity index (χ3n) is 3.23. The van der Waals surface area contributed by atoms with Gasteiger partial charge in [-0.15, -0.1) is 5.10 Å². The van der Waals surface area contributed by atoms with E-state index in [4.69, 9.17) is 16.7 Å². The number of likely N-dealkylation sites (tertiary alicyclic amines) is 1. The van der Waals surface area contributed by atoms with Gasteiger partial charge in [-0.2, -0.15) is 0 Å². The number of amides is 1. The smallest absolute Gasteiger partial charge is 0.358 e. The second-order valence-electron chi connectivity index (χ2n) is 4.62. The van der Waals surface area contributed by atoms with Crippen LogP contribution in [-0.4, -0.2) is 55.0 Å². The Morgan fingerprint density at radius 2 is 2.10 bits per heavy atom. The van der Waals surface area contributed by atoms with Gasteiger partial charge in [0, 0.05) is 19.3 Å². The maximum absolute atomic E-state index is 12.1. The van der Waals surface area contributed by atoms with Crippen LogP contribution in [-0.2, 0) is 0 Å². The number of carboxylic acid groups (broad SMARTS) is 1. The van der Waals surface area contributed by atoms with Crippen LogP contribution in [0.4, 0.5) is 0 Å². The average Bonchev–Trinajstić information content (AvgIpc) is 2.87. The molecule has 1 N–H and O–H groups in total. The zero-order chi connectivity index (χ0) is 15.0. The topological polar surface area (TPSA) is 101 Å². The first-order valence-electron chi connectivity index (χ1n) is 6.10. The van der Waals surface area contributed by atoms with Gasteiger partial charge in [0.25, 0.3) is 5.91 Å². The lowest BCUT2D eigenvalue weighted by molar-refractivity contribution is 0.0497. The van der Waals surface area contributed by atoms with Crippen LogP contribution >= 0.6 is 11.6 Å². The molecule has 0 saturated carbocycles. The minimum atomic E-state index is -1.12. The highest BCUT2D eigenvalue weighted by Crippen LogP contribution is 2.22. The fourth-order valence-corrected chi connectivity index (χ4v) is 2.14. The van der Waals surface area contributed by atoms with E-state index in [1.165, 1.54) is 17.1 Å². The van der Waals surface area contributed by atoms with Crippen LogP contribution in [0.2, 0.25) is 5.15 Å². The Morgan fingerprint density at radius 1 is 1.33 bits per heavy atom. The monoisotopic (exact) mass is 307 g/mol. The second-order valence-corrected chi connectivity index (χ2v) is 5.01. The quantitative estimate of drug-likeness (QED) is 0.839. The number of hydrogen-bond acceptors (Lipinski definition) is 5. The molecule has 3 heterocycles. The van der Waals surface area contributed by atoms with Gasteiger partial charge in [-0.05, 0) is 12.1 Å². The van der Waals surface area contributed by atoms with E-state index in [1.807, 2.05) is 0 Å². The Labute approximate surface area is 124 Å². The van der Waals surface area contributed by atoms with E-state index in [0.717, 1.165) is 0 Å². The van der Waals surface area contributed by atoms with Gasteiger partial charge in [-0.3, -0.25) is 4.79 Å². The van der Waals surface area contributed by atoms with Gasteiger partial charge in [0.2, 0.25) is 0 Å². The van der Waals surface area contributed by atoms with Gasteiger partial charge in [-0.25, -0.2) is 14.5 Å². The van der Waals surface area contributed by atoms with Crippen LogP contribution in [0.3, 0.4) is 0 Å². The number of carboxylic acids is 1. The van der Waals surface area contributed by atoms with Crippen molar-refractivity contribution >= 4 is 23.5 Å². The summed E-state index contributed by atoms with van der Waals surface area (Å²) in [4.78, 5) is 28.4. The van der Waals surface area contributed by atoms with Crippen molar-refractivity contribution in [2.24, 2.45) is 0 Å². The third-order valence-corrected chi connectivity index (χ3v) is 3.45. The Morgan fingerprint density at radius 3 is 2.67 bits per heavy atom. The number of aromatic nitrogens is 4. The van der Waals surface area contributed by atoms with Crippen LogP contribution in [0.25, 0.3) is 0 Å². The highest BCUT2D eigenvalue weighted by Gasteiger charge is 2.33. The Hall–Kier alpha value is -2.48. The fraction of sp³-hybridized carbons (Fsp3) is 0.250. The summed E-state index contributed by atoms with van der Waals surface area (Å²) in [6, 6.07) is 3.11. The Bertz CT molecular complexity index is 693. The van der Waals surface area contributed by atoms with Crippen molar-refractivity contribution in [3.63, 3.8) is 0 Å². The molecular formula is C12H10ClN5O3. The predicted molar refractivity (Wildman–Crippen MR) is 71.2 cm³/mol. The van der Waals surface area contributed by atoms with Crippen LogP contribution in [0.1, 0.15) is 26.9 Å². The van der Waals surface area contributed by atoms with E-state index in [2.05, 4.69) is 15.3 Å². The highest BCUT2D eigenvalue weighted by molar-refractivity contribution is 6.29. The molecule has 9 heteroatoms. The summed E-state index contributed by atoms with van der Waals surface area (Å²) >= 11 is 5.67. The second kappa shape index (κ2) is 5.13. The van der Waals surface area contributed by atoms with Crippen molar-refractivity contribution in [2.45, 2.75) is 6.04 Å². The molecule has 1 amide bonds. The number of hydrogen-bond donors (Lipinski definition) is 1. The molecule has 1 aliphatic heterocycles. The molecule has 0 unspecified atom stereocenters. The molecule has 0 bridgehead atoms. The fourth-order valence-electron chi connectivity index (χ4n) is 2.03. The number of pyridine rings is 1. The summed E-state index contributed by atoms with van der Waals surface area (Å²) in [6.07, 6.45) is 2.79. The zero-order valence-corrected chi connectivity index (χ0v) is 11.4. The van der Waals surface area contributed by atoms with Crippen LogP contribution < -0.4 is 0 Å². The Kier molecular flexibility index (Phi) is 3.30.